The van der Waals surface area contributed by atoms with Gasteiger partial charge in [0, 0.05) is 19.1 Å². The number of piperidine rings is 1. The molecule has 0 aromatic rings. The molecule has 3 unspecified atom stereocenters. The summed E-state index contributed by atoms with van der Waals surface area (Å²) in [5, 5.41) is 3.82. The van der Waals surface area contributed by atoms with Crippen LogP contribution >= 0.6 is 0 Å². The molecule has 0 radical (unpaired) electrons. The van der Waals surface area contributed by atoms with Gasteiger partial charge in [-0.1, -0.05) is 26.7 Å². The third-order valence-corrected chi connectivity index (χ3v) is 5.64. The highest BCUT2D eigenvalue weighted by atomic mass is 16.6. The lowest BCUT2D eigenvalue weighted by Gasteiger charge is -2.37. The van der Waals surface area contributed by atoms with Crippen LogP contribution in [0.1, 0.15) is 66.7 Å². The first-order valence-corrected chi connectivity index (χ1v) is 9.47. The van der Waals surface area contributed by atoms with Crippen LogP contribution in [-0.4, -0.2) is 42.3 Å². The van der Waals surface area contributed by atoms with Crippen molar-refractivity contribution in [2.24, 2.45) is 17.8 Å². The van der Waals surface area contributed by atoms with E-state index in [-0.39, 0.29) is 6.09 Å². The summed E-state index contributed by atoms with van der Waals surface area (Å²) in [6.45, 7) is 13.3. The molecule has 1 amide bonds. The molecule has 2 aliphatic rings. The van der Waals surface area contributed by atoms with Gasteiger partial charge in [-0.25, -0.2) is 4.79 Å². The number of hydrogen-bond acceptors (Lipinski definition) is 3. The maximum absolute atomic E-state index is 12.1. The number of carbonyl (C=O) groups excluding carboxylic acids is 1. The van der Waals surface area contributed by atoms with Crippen LogP contribution in [0.25, 0.3) is 0 Å². The van der Waals surface area contributed by atoms with Gasteiger partial charge in [-0.05, 0) is 64.3 Å². The molecular weight excluding hydrogens is 288 g/mol. The molecule has 2 rings (SSSR count). The summed E-state index contributed by atoms with van der Waals surface area (Å²) in [6, 6.07) is 0.683. The van der Waals surface area contributed by atoms with E-state index in [4.69, 9.17) is 4.74 Å². The highest BCUT2D eigenvalue weighted by molar-refractivity contribution is 5.68. The average molecular weight is 325 g/mol. The number of amides is 1. The van der Waals surface area contributed by atoms with Crippen molar-refractivity contribution >= 4 is 6.09 Å². The van der Waals surface area contributed by atoms with Crippen molar-refractivity contribution in [3.63, 3.8) is 0 Å². The van der Waals surface area contributed by atoms with Crippen molar-refractivity contribution in [3.8, 4) is 0 Å². The SMILES string of the molecule is CC1CCCC(NCC2CCN(C(=O)OC(C)(C)C)CC2)C1C. The molecule has 0 spiro atoms. The minimum Gasteiger partial charge on any atom is -0.444 e. The molecule has 3 atom stereocenters. The van der Waals surface area contributed by atoms with Gasteiger partial charge in [-0.15, -0.1) is 0 Å². The van der Waals surface area contributed by atoms with E-state index in [1.54, 1.807) is 0 Å². The summed E-state index contributed by atoms with van der Waals surface area (Å²) >= 11 is 0. The van der Waals surface area contributed by atoms with Crippen molar-refractivity contribution in [3.05, 3.63) is 0 Å². The van der Waals surface area contributed by atoms with E-state index in [0.29, 0.717) is 12.0 Å². The number of likely N-dealkylation sites (tertiary alicyclic amines) is 1. The first kappa shape index (κ1) is 18.6. The van der Waals surface area contributed by atoms with E-state index in [1.165, 1.54) is 19.3 Å². The minimum atomic E-state index is -0.400. The second kappa shape index (κ2) is 7.87. The highest BCUT2D eigenvalue weighted by Gasteiger charge is 2.29. The number of carbonyl (C=O) groups is 1. The zero-order valence-electron chi connectivity index (χ0n) is 15.7. The molecule has 1 aliphatic carbocycles. The molecule has 0 bridgehead atoms. The molecule has 4 nitrogen and oxygen atoms in total. The van der Waals surface area contributed by atoms with Gasteiger partial charge in [0.05, 0.1) is 0 Å². The minimum absolute atomic E-state index is 0.154. The van der Waals surface area contributed by atoms with E-state index in [9.17, 15) is 4.79 Å². The monoisotopic (exact) mass is 324 g/mol. The van der Waals surface area contributed by atoms with Gasteiger partial charge in [-0.3, -0.25) is 0 Å². The van der Waals surface area contributed by atoms with Crippen LogP contribution in [0, 0.1) is 17.8 Å². The van der Waals surface area contributed by atoms with Gasteiger partial charge < -0.3 is 15.0 Å². The lowest BCUT2D eigenvalue weighted by molar-refractivity contribution is 0.0181. The first-order valence-electron chi connectivity index (χ1n) is 9.47. The summed E-state index contributed by atoms with van der Waals surface area (Å²) in [7, 11) is 0. The predicted octanol–water partition coefficient (Wildman–Crippen LogP) is 4.05. The van der Waals surface area contributed by atoms with E-state index < -0.39 is 5.60 Å². The van der Waals surface area contributed by atoms with Crippen molar-refractivity contribution in [1.82, 2.24) is 10.2 Å². The third kappa shape index (κ3) is 5.66. The summed E-state index contributed by atoms with van der Waals surface area (Å²) in [4.78, 5) is 14.0. The lowest BCUT2D eigenvalue weighted by atomic mass is 9.78. The Hall–Kier alpha value is -0.770. The summed E-state index contributed by atoms with van der Waals surface area (Å²) in [5.74, 6) is 2.32. The Labute approximate surface area is 142 Å². The zero-order valence-corrected chi connectivity index (χ0v) is 15.7. The Morgan fingerprint density at radius 3 is 2.39 bits per heavy atom. The van der Waals surface area contributed by atoms with E-state index in [2.05, 4.69) is 19.2 Å². The standard InChI is InChI=1S/C19H36N2O2/c1-14-7-6-8-17(15(14)2)20-13-16-9-11-21(12-10-16)18(22)23-19(3,4)5/h14-17,20H,6-13H2,1-5H3. The Balaban J connectivity index is 1.69. The molecule has 1 saturated carbocycles. The lowest BCUT2D eigenvalue weighted by Crippen LogP contribution is -2.46. The van der Waals surface area contributed by atoms with E-state index >= 15 is 0 Å². The van der Waals surface area contributed by atoms with Crippen LogP contribution in [0.3, 0.4) is 0 Å². The second-order valence-electron chi connectivity index (χ2n) is 8.69. The van der Waals surface area contributed by atoms with Gasteiger partial charge in [0.2, 0.25) is 0 Å². The fourth-order valence-corrected chi connectivity index (χ4v) is 3.83. The molecule has 134 valence electrons. The van der Waals surface area contributed by atoms with Crippen molar-refractivity contribution in [1.29, 1.82) is 0 Å². The second-order valence-corrected chi connectivity index (χ2v) is 8.69. The van der Waals surface area contributed by atoms with E-state index in [0.717, 1.165) is 44.3 Å². The van der Waals surface area contributed by atoms with Crippen LogP contribution in [-0.2, 0) is 4.74 Å². The van der Waals surface area contributed by atoms with E-state index in [1.807, 2.05) is 25.7 Å². The predicted molar refractivity (Wildman–Crippen MR) is 94.5 cm³/mol. The van der Waals surface area contributed by atoms with Crippen LogP contribution in [0.5, 0.6) is 0 Å². The van der Waals surface area contributed by atoms with Crippen LogP contribution in [0.15, 0.2) is 0 Å². The Bertz CT molecular complexity index is 383. The Morgan fingerprint density at radius 1 is 1.13 bits per heavy atom. The maximum atomic E-state index is 12.1. The van der Waals surface area contributed by atoms with Crippen molar-refractivity contribution in [2.75, 3.05) is 19.6 Å². The number of ether oxygens (including phenoxy) is 1. The summed E-state index contributed by atoms with van der Waals surface area (Å²) in [5.41, 5.74) is -0.400. The molecule has 1 aliphatic heterocycles. The molecule has 0 aromatic carbocycles. The molecule has 0 aromatic heterocycles. The number of hydrogen-bond donors (Lipinski definition) is 1. The Kier molecular flexibility index (Phi) is 6.35. The van der Waals surface area contributed by atoms with Crippen LogP contribution < -0.4 is 5.32 Å². The smallest absolute Gasteiger partial charge is 0.410 e. The quantitative estimate of drug-likeness (QED) is 0.851. The van der Waals surface area contributed by atoms with Crippen LogP contribution in [0.2, 0.25) is 0 Å². The molecule has 2 fully saturated rings. The maximum Gasteiger partial charge on any atom is 0.410 e. The van der Waals surface area contributed by atoms with Gasteiger partial charge in [-0.2, -0.15) is 0 Å². The molecule has 1 N–H and O–H groups in total. The normalized spacial score (nSPS) is 30.3. The van der Waals surface area contributed by atoms with Gasteiger partial charge in [0.15, 0.2) is 0 Å². The Morgan fingerprint density at radius 2 is 1.78 bits per heavy atom. The largest absolute Gasteiger partial charge is 0.444 e. The van der Waals surface area contributed by atoms with Gasteiger partial charge >= 0.3 is 6.09 Å². The molecule has 1 saturated heterocycles. The van der Waals surface area contributed by atoms with Crippen molar-refractivity contribution < 1.29 is 9.53 Å². The number of rotatable bonds is 3. The molecular formula is C19H36N2O2. The zero-order chi connectivity index (χ0) is 17.0. The number of nitrogens with zero attached hydrogens (tertiary/aromatic N) is 1. The molecule has 4 heteroatoms. The highest BCUT2D eigenvalue weighted by Crippen LogP contribution is 2.30. The fourth-order valence-electron chi connectivity index (χ4n) is 3.83. The number of nitrogens with one attached hydrogen (secondary N) is 1. The van der Waals surface area contributed by atoms with Gasteiger partial charge in [0.1, 0.15) is 5.60 Å². The summed E-state index contributed by atoms with van der Waals surface area (Å²) in [6.07, 6.45) is 6.08. The fraction of sp³-hybridized carbons (Fsp3) is 0.947. The topological polar surface area (TPSA) is 41.6 Å². The molecule has 23 heavy (non-hydrogen) atoms. The third-order valence-electron chi connectivity index (χ3n) is 5.64. The van der Waals surface area contributed by atoms with Crippen LogP contribution in [0.4, 0.5) is 4.79 Å². The van der Waals surface area contributed by atoms with Crippen molar-refractivity contribution in [2.45, 2.75) is 78.4 Å². The first-order chi connectivity index (χ1) is 10.8. The summed E-state index contributed by atoms with van der Waals surface area (Å²) < 4.78 is 5.46. The average Bonchev–Trinajstić information content (AvgIpc) is 2.47. The van der Waals surface area contributed by atoms with Gasteiger partial charge in [0.25, 0.3) is 0 Å². The molecule has 1 heterocycles.